The van der Waals surface area contributed by atoms with Crippen molar-refractivity contribution in [2.45, 2.75) is 71.5 Å². The quantitative estimate of drug-likeness (QED) is 0.579. The maximum Gasteiger partial charge on any atom is 0.0897 e. The first-order valence-corrected chi connectivity index (χ1v) is 8.66. The second-order valence-electron chi connectivity index (χ2n) is 6.88. The predicted octanol–water partition coefficient (Wildman–Crippen LogP) is 2.33. The van der Waals surface area contributed by atoms with Crippen molar-refractivity contribution < 1.29 is 14.9 Å². The summed E-state index contributed by atoms with van der Waals surface area (Å²) < 4.78 is 5.84. The molecule has 3 atom stereocenters. The molecule has 4 heteroatoms. The summed E-state index contributed by atoms with van der Waals surface area (Å²) in [7, 11) is 0. The molecule has 21 heavy (non-hydrogen) atoms. The van der Waals surface area contributed by atoms with Crippen molar-refractivity contribution in [3.8, 4) is 0 Å². The van der Waals surface area contributed by atoms with Crippen molar-refractivity contribution in [3.05, 3.63) is 0 Å². The van der Waals surface area contributed by atoms with Crippen LogP contribution in [0.5, 0.6) is 0 Å². The number of hydrogen-bond acceptors (Lipinski definition) is 4. The predicted molar refractivity (Wildman–Crippen MR) is 86.3 cm³/mol. The first-order valence-electron chi connectivity index (χ1n) is 8.66. The number of ether oxygens (including phenoxy) is 1. The van der Waals surface area contributed by atoms with Crippen LogP contribution in [0.15, 0.2) is 0 Å². The molecule has 3 N–H and O–H groups in total. The van der Waals surface area contributed by atoms with Crippen molar-refractivity contribution in [2.75, 3.05) is 26.3 Å². The third-order valence-corrected chi connectivity index (χ3v) is 5.13. The van der Waals surface area contributed by atoms with E-state index in [2.05, 4.69) is 26.1 Å². The zero-order valence-corrected chi connectivity index (χ0v) is 14.1. The molecule has 0 aromatic carbocycles. The molecule has 1 fully saturated rings. The van der Waals surface area contributed by atoms with E-state index in [1.54, 1.807) is 0 Å². The molecule has 0 bridgehead atoms. The highest BCUT2D eigenvalue weighted by Gasteiger charge is 2.25. The van der Waals surface area contributed by atoms with Crippen molar-refractivity contribution in [1.82, 2.24) is 5.32 Å². The molecule has 3 unspecified atom stereocenters. The lowest BCUT2D eigenvalue weighted by atomic mass is 9.83. The maximum atomic E-state index is 10.0. The van der Waals surface area contributed by atoms with E-state index in [9.17, 15) is 10.2 Å². The Hall–Kier alpha value is -0.160. The van der Waals surface area contributed by atoms with Crippen LogP contribution in [0.4, 0.5) is 0 Å². The summed E-state index contributed by atoms with van der Waals surface area (Å²) in [5.41, 5.74) is -0.0562. The van der Waals surface area contributed by atoms with Crippen LogP contribution >= 0.6 is 0 Å². The van der Waals surface area contributed by atoms with Gasteiger partial charge in [0.15, 0.2) is 0 Å². The minimum atomic E-state index is -0.465. The average molecular weight is 301 g/mol. The molecule has 1 saturated carbocycles. The Labute approximate surface area is 130 Å². The smallest absolute Gasteiger partial charge is 0.0897 e. The summed E-state index contributed by atoms with van der Waals surface area (Å²) in [5.74, 6) is 0.748. The van der Waals surface area contributed by atoms with Crippen LogP contribution in [-0.4, -0.2) is 48.7 Å². The molecule has 0 heterocycles. The maximum absolute atomic E-state index is 10.0. The lowest BCUT2D eigenvalue weighted by molar-refractivity contribution is -0.0315. The lowest BCUT2D eigenvalue weighted by Gasteiger charge is -2.30. The Morgan fingerprint density at radius 3 is 2.57 bits per heavy atom. The van der Waals surface area contributed by atoms with Gasteiger partial charge in [-0.3, -0.25) is 0 Å². The van der Waals surface area contributed by atoms with Gasteiger partial charge in [-0.15, -0.1) is 0 Å². The topological polar surface area (TPSA) is 61.7 Å². The van der Waals surface area contributed by atoms with E-state index in [-0.39, 0.29) is 12.0 Å². The van der Waals surface area contributed by atoms with Gasteiger partial charge in [0.2, 0.25) is 0 Å². The minimum Gasteiger partial charge on any atom is -0.396 e. The van der Waals surface area contributed by atoms with Gasteiger partial charge in [0.1, 0.15) is 0 Å². The van der Waals surface area contributed by atoms with Gasteiger partial charge in [-0.25, -0.2) is 0 Å². The molecule has 4 nitrogen and oxygen atoms in total. The highest BCUT2D eigenvalue weighted by molar-refractivity contribution is 4.79. The number of rotatable bonds is 10. The molecular weight excluding hydrogens is 266 g/mol. The van der Waals surface area contributed by atoms with Crippen LogP contribution in [-0.2, 0) is 4.74 Å². The molecule has 0 aliphatic heterocycles. The number of aliphatic hydroxyl groups excluding tert-OH is 2. The molecule has 0 aromatic heterocycles. The zero-order chi connectivity index (χ0) is 15.7. The monoisotopic (exact) mass is 301 g/mol. The summed E-state index contributed by atoms with van der Waals surface area (Å²) >= 11 is 0. The fraction of sp³-hybridized carbons (Fsp3) is 1.00. The van der Waals surface area contributed by atoms with Crippen LogP contribution in [0.3, 0.4) is 0 Å². The van der Waals surface area contributed by atoms with Crippen LogP contribution < -0.4 is 5.32 Å². The zero-order valence-electron chi connectivity index (χ0n) is 14.1. The van der Waals surface area contributed by atoms with Crippen LogP contribution in [0, 0.1) is 11.3 Å². The number of aliphatic hydroxyl groups is 2. The van der Waals surface area contributed by atoms with E-state index in [0.717, 1.165) is 38.1 Å². The van der Waals surface area contributed by atoms with E-state index in [1.165, 1.54) is 12.8 Å². The van der Waals surface area contributed by atoms with Gasteiger partial charge in [0.05, 0.1) is 18.8 Å². The Morgan fingerprint density at radius 2 is 2.00 bits per heavy atom. The fourth-order valence-corrected chi connectivity index (χ4v) is 3.12. The molecular formula is C17H35NO3. The number of hydrogen-bond donors (Lipinski definition) is 3. The molecule has 0 aromatic rings. The molecule has 0 amide bonds. The summed E-state index contributed by atoms with van der Waals surface area (Å²) in [5, 5.41) is 22.8. The van der Waals surface area contributed by atoms with Gasteiger partial charge >= 0.3 is 0 Å². The Kier molecular flexibility index (Phi) is 8.79. The average Bonchev–Trinajstić information content (AvgIpc) is 2.50. The van der Waals surface area contributed by atoms with Gasteiger partial charge in [0, 0.05) is 25.1 Å². The van der Waals surface area contributed by atoms with Crippen molar-refractivity contribution in [2.24, 2.45) is 11.3 Å². The summed E-state index contributed by atoms with van der Waals surface area (Å²) in [6, 6.07) is 0. The molecule has 126 valence electrons. The molecule has 0 radical (unpaired) electrons. The third kappa shape index (κ3) is 6.64. The SMILES string of the molecule is CCC(CC)(CO)CNCC(O)COC1CCCC(C)C1. The van der Waals surface area contributed by atoms with Gasteiger partial charge in [0.25, 0.3) is 0 Å². The van der Waals surface area contributed by atoms with E-state index < -0.39 is 6.10 Å². The van der Waals surface area contributed by atoms with E-state index >= 15 is 0 Å². The van der Waals surface area contributed by atoms with Crippen molar-refractivity contribution in [3.63, 3.8) is 0 Å². The summed E-state index contributed by atoms with van der Waals surface area (Å²) in [6.45, 7) is 8.36. The second-order valence-corrected chi connectivity index (χ2v) is 6.88. The van der Waals surface area contributed by atoms with Gasteiger partial charge < -0.3 is 20.3 Å². The van der Waals surface area contributed by atoms with E-state index in [1.807, 2.05) is 0 Å². The molecule has 1 rings (SSSR count). The first-order chi connectivity index (χ1) is 10.0. The second kappa shape index (κ2) is 9.78. The normalized spacial score (nSPS) is 25.0. The van der Waals surface area contributed by atoms with Gasteiger partial charge in [-0.2, -0.15) is 0 Å². The van der Waals surface area contributed by atoms with Crippen LogP contribution in [0.25, 0.3) is 0 Å². The summed E-state index contributed by atoms with van der Waals surface area (Å²) in [4.78, 5) is 0. The summed E-state index contributed by atoms with van der Waals surface area (Å²) in [6.07, 6.45) is 6.55. The molecule has 0 spiro atoms. The minimum absolute atomic E-state index is 0.0562. The lowest BCUT2D eigenvalue weighted by Crippen LogP contribution is -2.41. The van der Waals surface area contributed by atoms with Crippen molar-refractivity contribution >= 4 is 0 Å². The highest BCUT2D eigenvalue weighted by Crippen LogP contribution is 2.26. The Morgan fingerprint density at radius 1 is 1.29 bits per heavy atom. The standard InChI is InChI=1S/C17H35NO3/c1-4-17(5-2,13-19)12-18-10-15(20)11-21-16-8-6-7-14(3)9-16/h14-16,18-20H,4-13H2,1-3H3. The van der Waals surface area contributed by atoms with Crippen LogP contribution in [0.1, 0.15) is 59.3 Å². The molecule has 1 aliphatic rings. The van der Waals surface area contributed by atoms with Crippen LogP contribution in [0.2, 0.25) is 0 Å². The highest BCUT2D eigenvalue weighted by atomic mass is 16.5. The van der Waals surface area contributed by atoms with E-state index in [0.29, 0.717) is 19.3 Å². The van der Waals surface area contributed by atoms with E-state index in [4.69, 9.17) is 4.74 Å². The van der Waals surface area contributed by atoms with Crippen molar-refractivity contribution in [1.29, 1.82) is 0 Å². The van der Waals surface area contributed by atoms with Gasteiger partial charge in [-0.1, -0.05) is 33.6 Å². The first kappa shape index (κ1) is 18.9. The number of nitrogens with one attached hydrogen (secondary N) is 1. The molecule has 0 saturated heterocycles. The Balaban J connectivity index is 2.17. The fourth-order valence-electron chi connectivity index (χ4n) is 3.12. The van der Waals surface area contributed by atoms with Gasteiger partial charge in [-0.05, 0) is 31.6 Å². The largest absolute Gasteiger partial charge is 0.396 e. The molecule has 1 aliphatic carbocycles. The Bertz CT molecular complexity index is 260. The third-order valence-electron chi connectivity index (χ3n) is 5.13.